The van der Waals surface area contributed by atoms with E-state index in [9.17, 15) is 0 Å². The van der Waals surface area contributed by atoms with E-state index in [1.54, 1.807) is 21.3 Å². The zero-order valence-electron chi connectivity index (χ0n) is 18.4. The van der Waals surface area contributed by atoms with Gasteiger partial charge in [0.15, 0.2) is 16.6 Å². The fourth-order valence-corrected chi connectivity index (χ4v) is 3.92. The smallest absolute Gasteiger partial charge is 0.203 e. The van der Waals surface area contributed by atoms with Crippen LogP contribution in [-0.4, -0.2) is 62.4 Å². The first kappa shape index (κ1) is 22.2. The van der Waals surface area contributed by atoms with Gasteiger partial charge in [-0.1, -0.05) is 6.07 Å². The Balaban J connectivity index is 1.58. The highest BCUT2D eigenvalue weighted by Gasteiger charge is 2.21. The summed E-state index contributed by atoms with van der Waals surface area (Å²) in [4.78, 5) is 4.64. The topological polar surface area (TPSA) is 46.2 Å². The molecule has 3 rings (SSSR count). The summed E-state index contributed by atoms with van der Waals surface area (Å²) < 4.78 is 16.4. The van der Waals surface area contributed by atoms with E-state index in [1.807, 2.05) is 12.1 Å². The minimum Gasteiger partial charge on any atom is -0.493 e. The SMILES string of the molecule is COc1cc(CN2CCN(C(=S)Nc3ccc(C)c(C)c3)CC2)cc(OC)c1OC. The van der Waals surface area contributed by atoms with Crippen molar-refractivity contribution in [2.45, 2.75) is 20.4 Å². The average Bonchev–Trinajstić information content (AvgIpc) is 2.76. The molecule has 0 bridgehead atoms. The molecular formula is C23H31N3O3S. The first-order chi connectivity index (χ1) is 14.4. The van der Waals surface area contributed by atoms with E-state index in [4.69, 9.17) is 26.4 Å². The summed E-state index contributed by atoms with van der Waals surface area (Å²) >= 11 is 5.64. The zero-order valence-corrected chi connectivity index (χ0v) is 19.3. The van der Waals surface area contributed by atoms with Gasteiger partial charge in [-0.25, -0.2) is 0 Å². The molecule has 0 spiro atoms. The van der Waals surface area contributed by atoms with Gasteiger partial charge in [0.1, 0.15) is 0 Å². The van der Waals surface area contributed by atoms with Crippen molar-refractivity contribution < 1.29 is 14.2 Å². The molecule has 6 nitrogen and oxygen atoms in total. The van der Waals surface area contributed by atoms with Crippen LogP contribution in [0.3, 0.4) is 0 Å². The Kier molecular flexibility index (Phi) is 7.39. The maximum Gasteiger partial charge on any atom is 0.203 e. The first-order valence-corrected chi connectivity index (χ1v) is 10.5. The number of ether oxygens (including phenoxy) is 3. The number of anilines is 1. The highest BCUT2D eigenvalue weighted by Crippen LogP contribution is 2.38. The molecule has 30 heavy (non-hydrogen) atoms. The second kappa shape index (κ2) is 10.00. The van der Waals surface area contributed by atoms with Crippen molar-refractivity contribution in [3.05, 3.63) is 47.0 Å². The number of nitrogens with one attached hydrogen (secondary N) is 1. The normalized spacial score (nSPS) is 14.4. The Labute approximate surface area is 184 Å². The Hall–Kier alpha value is -2.51. The molecule has 0 atom stereocenters. The first-order valence-electron chi connectivity index (χ1n) is 10.1. The van der Waals surface area contributed by atoms with E-state index in [2.05, 4.69) is 47.2 Å². The molecule has 0 unspecified atom stereocenters. The van der Waals surface area contributed by atoms with Gasteiger partial charge >= 0.3 is 0 Å². The summed E-state index contributed by atoms with van der Waals surface area (Å²) in [6, 6.07) is 10.4. The van der Waals surface area contributed by atoms with Gasteiger partial charge in [0.2, 0.25) is 5.75 Å². The van der Waals surface area contributed by atoms with E-state index in [0.717, 1.165) is 49.1 Å². The molecule has 0 aliphatic carbocycles. The minimum atomic E-state index is 0.622. The van der Waals surface area contributed by atoms with Crippen molar-refractivity contribution in [1.82, 2.24) is 9.80 Å². The number of thiocarbonyl (C=S) groups is 1. The van der Waals surface area contributed by atoms with Crippen molar-refractivity contribution in [2.24, 2.45) is 0 Å². The monoisotopic (exact) mass is 429 g/mol. The maximum absolute atomic E-state index is 5.64. The number of aryl methyl sites for hydroxylation is 2. The van der Waals surface area contributed by atoms with Crippen molar-refractivity contribution in [2.75, 3.05) is 52.8 Å². The van der Waals surface area contributed by atoms with Crippen LogP contribution in [0.2, 0.25) is 0 Å². The molecule has 7 heteroatoms. The number of hydrogen-bond donors (Lipinski definition) is 1. The number of methoxy groups -OCH3 is 3. The molecule has 0 aromatic heterocycles. The van der Waals surface area contributed by atoms with Gasteiger partial charge in [-0.2, -0.15) is 0 Å². The van der Waals surface area contributed by atoms with Gasteiger partial charge in [-0.05, 0) is 67.0 Å². The number of benzene rings is 2. The average molecular weight is 430 g/mol. The fraction of sp³-hybridized carbons (Fsp3) is 0.435. The molecule has 1 heterocycles. The van der Waals surface area contributed by atoms with Gasteiger partial charge in [0.25, 0.3) is 0 Å². The summed E-state index contributed by atoms with van der Waals surface area (Å²) in [7, 11) is 4.90. The third kappa shape index (κ3) is 5.15. The summed E-state index contributed by atoms with van der Waals surface area (Å²) in [5, 5.41) is 4.16. The van der Waals surface area contributed by atoms with Gasteiger partial charge in [0, 0.05) is 38.4 Å². The molecule has 1 fully saturated rings. The number of piperazine rings is 1. The lowest BCUT2D eigenvalue weighted by molar-refractivity contribution is 0.176. The van der Waals surface area contributed by atoms with Gasteiger partial charge in [0.05, 0.1) is 21.3 Å². The molecule has 0 radical (unpaired) electrons. The lowest BCUT2D eigenvalue weighted by Gasteiger charge is -2.36. The predicted octanol–water partition coefficient (Wildman–Crippen LogP) is 3.84. The quantitative estimate of drug-likeness (QED) is 0.700. The highest BCUT2D eigenvalue weighted by molar-refractivity contribution is 7.80. The molecule has 2 aromatic carbocycles. The van der Waals surface area contributed by atoms with E-state index in [0.29, 0.717) is 17.2 Å². The molecular weight excluding hydrogens is 398 g/mol. The predicted molar refractivity (Wildman–Crippen MR) is 125 cm³/mol. The molecule has 0 amide bonds. The van der Waals surface area contributed by atoms with E-state index in [-0.39, 0.29) is 0 Å². The number of nitrogens with zero attached hydrogens (tertiary/aromatic N) is 2. The second-order valence-corrected chi connectivity index (χ2v) is 7.91. The number of rotatable bonds is 6. The molecule has 1 N–H and O–H groups in total. The Bertz CT molecular complexity index is 870. The van der Waals surface area contributed by atoms with Crippen molar-refractivity contribution in [3.8, 4) is 17.2 Å². The van der Waals surface area contributed by atoms with Crippen LogP contribution in [0.5, 0.6) is 17.2 Å². The Morgan fingerprint density at radius 2 is 1.53 bits per heavy atom. The largest absolute Gasteiger partial charge is 0.493 e. The van der Waals surface area contributed by atoms with Gasteiger partial charge in [-0.15, -0.1) is 0 Å². The van der Waals surface area contributed by atoms with Crippen LogP contribution < -0.4 is 19.5 Å². The third-order valence-corrected chi connectivity index (χ3v) is 5.91. The summed E-state index contributed by atoms with van der Waals surface area (Å²) in [6.45, 7) is 8.71. The Morgan fingerprint density at radius 1 is 0.900 bits per heavy atom. The lowest BCUT2D eigenvalue weighted by atomic mass is 10.1. The highest BCUT2D eigenvalue weighted by atomic mass is 32.1. The van der Waals surface area contributed by atoms with Crippen LogP contribution in [-0.2, 0) is 6.54 Å². The third-order valence-electron chi connectivity index (χ3n) is 5.55. The van der Waals surface area contributed by atoms with Crippen molar-refractivity contribution in [1.29, 1.82) is 0 Å². The second-order valence-electron chi connectivity index (χ2n) is 7.53. The van der Waals surface area contributed by atoms with E-state index in [1.165, 1.54) is 11.1 Å². The Morgan fingerprint density at radius 3 is 2.07 bits per heavy atom. The van der Waals surface area contributed by atoms with E-state index < -0.39 is 0 Å². The van der Waals surface area contributed by atoms with Crippen molar-refractivity contribution in [3.63, 3.8) is 0 Å². The van der Waals surface area contributed by atoms with Crippen LogP contribution >= 0.6 is 12.2 Å². The fourth-order valence-electron chi connectivity index (χ4n) is 3.62. The lowest BCUT2D eigenvalue weighted by Crippen LogP contribution is -2.49. The van der Waals surface area contributed by atoms with Crippen LogP contribution in [0.1, 0.15) is 16.7 Å². The van der Waals surface area contributed by atoms with Gasteiger partial charge < -0.3 is 24.4 Å². The number of hydrogen-bond acceptors (Lipinski definition) is 5. The summed E-state index contributed by atoms with van der Waals surface area (Å²) in [5.74, 6) is 1.99. The van der Waals surface area contributed by atoms with Crippen LogP contribution in [0.4, 0.5) is 5.69 Å². The van der Waals surface area contributed by atoms with Crippen molar-refractivity contribution >= 4 is 23.0 Å². The standard InChI is InChI=1S/C23H31N3O3S/c1-16-6-7-19(12-17(16)2)24-23(30)26-10-8-25(9-11-26)15-18-13-20(27-3)22(29-5)21(14-18)28-4/h6-7,12-14H,8-11,15H2,1-5H3,(H,24,30). The molecule has 0 saturated carbocycles. The molecule has 1 aliphatic heterocycles. The van der Waals surface area contributed by atoms with E-state index >= 15 is 0 Å². The summed E-state index contributed by atoms with van der Waals surface area (Å²) in [6.07, 6.45) is 0. The molecule has 2 aromatic rings. The maximum atomic E-state index is 5.64. The molecule has 1 saturated heterocycles. The van der Waals surface area contributed by atoms with Crippen LogP contribution in [0.15, 0.2) is 30.3 Å². The summed E-state index contributed by atoms with van der Waals surface area (Å²) in [5.41, 5.74) is 4.72. The van der Waals surface area contributed by atoms with Crippen LogP contribution in [0, 0.1) is 13.8 Å². The van der Waals surface area contributed by atoms with Gasteiger partial charge in [-0.3, -0.25) is 4.90 Å². The zero-order chi connectivity index (χ0) is 21.7. The van der Waals surface area contributed by atoms with Crippen LogP contribution in [0.25, 0.3) is 0 Å². The molecule has 162 valence electrons. The minimum absolute atomic E-state index is 0.622. The molecule has 1 aliphatic rings.